The first-order valence-electron chi connectivity index (χ1n) is 8.80. The summed E-state index contributed by atoms with van der Waals surface area (Å²) in [4.78, 5) is 24.6. The average Bonchev–Trinajstić information content (AvgIpc) is 3.10. The number of aryl methyl sites for hydroxylation is 1. The highest BCUT2D eigenvalue weighted by Crippen LogP contribution is 2.25. The quantitative estimate of drug-likeness (QED) is 0.626. The first kappa shape index (κ1) is 19.2. The lowest BCUT2D eigenvalue weighted by Crippen LogP contribution is -2.21. The van der Waals surface area contributed by atoms with Gasteiger partial charge in [-0.25, -0.2) is 4.79 Å². The van der Waals surface area contributed by atoms with Crippen molar-refractivity contribution < 1.29 is 23.6 Å². The average molecular weight is 380 g/mol. The van der Waals surface area contributed by atoms with Gasteiger partial charge in [-0.1, -0.05) is 35.5 Å². The molecule has 0 aliphatic heterocycles. The molecule has 0 radical (unpaired) electrons. The van der Waals surface area contributed by atoms with Crippen LogP contribution >= 0.6 is 0 Å². The molecule has 1 aromatic heterocycles. The van der Waals surface area contributed by atoms with Crippen molar-refractivity contribution in [3.63, 3.8) is 0 Å². The molecule has 0 aliphatic rings. The summed E-state index contributed by atoms with van der Waals surface area (Å²) >= 11 is 0. The molecule has 1 N–H and O–H groups in total. The van der Waals surface area contributed by atoms with E-state index in [-0.39, 0.29) is 5.56 Å². The molecule has 1 heterocycles. The zero-order valence-corrected chi connectivity index (χ0v) is 15.6. The van der Waals surface area contributed by atoms with Crippen LogP contribution in [0.1, 0.15) is 23.0 Å². The Morgan fingerprint density at radius 1 is 1.07 bits per heavy atom. The second-order valence-electron chi connectivity index (χ2n) is 5.91. The van der Waals surface area contributed by atoms with Crippen molar-refractivity contribution in [2.45, 2.75) is 13.8 Å². The maximum Gasteiger partial charge on any atom is 0.344 e. The zero-order chi connectivity index (χ0) is 19.9. The van der Waals surface area contributed by atoms with Crippen molar-refractivity contribution in [3.05, 3.63) is 65.9 Å². The maximum atomic E-state index is 12.5. The van der Waals surface area contributed by atoms with E-state index < -0.39 is 18.5 Å². The van der Waals surface area contributed by atoms with Gasteiger partial charge in [-0.05, 0) is 38.1 Å². The number of hydrogen-bond acceptors (Lipinski definition) is 6. The van der Waals surface area contributed by atoms with Crippen LogP contribution in [0.5, 0.6) is 5.75 Å². The Morgan fingerprint density at radius 3 is 2.46 bits per heavy atom. The van der Waals surface area contributed by atoms with E-state index in [1.165, 1.54) is 0 Å². The van der Waals surface area contributed by atoms with E-state index in [9.17, 15) is 9.59 Å². The summed E-state index contributed by atoms with van der Waals surface area (Å²) in [7, 11) is 0. The minimum atomic E-state index is -0.667. The third-order valence-electron chi connectivity index (χ3n) is 3.90. The summed E-state index contributed by atoms with van der Waals surface area (Å²) in [5.41, 5.74) is 1.90. The van der Waals surface area contributed by atoms with Gasteiger partial charge in [0.05, 0.1) is 6.61 Å². The number of anilines is 1. The summed E-state index contributed by atoms with van der Waals surface area (Å²) in [6.07, 6.45) is 0. The van der Waals surface area contributed by atoms with Crippen LogP contribution in [0.15, 0.2) is 59.1 Å². The molecule has 0 spiro atoms. The molecule has 1 amide bonds. The normalized spacial score (nSPS) is 10.4. The van der Waals surface area contributed by atoms with Crippen LogP contribution in [0.3, 0.4) is 0 Å². The SMILES string of the molecule is CCOc1ccc(NC(=O)COC(=O)c2c(-c3ccccc3)noc2C)cc1. The maximum absolute atomic E-state index is 12.5. The Bertz CT molecular complexity index is 949. The van der Waals surface area contributed by atoms with Crippen LogP contribution in [0.2, 0.25) is 0 Å². The highest BCUT2D eigenvalue weighted by Gasteiger charge is 2.23. The number of rotatable bonds is 7. The van der Waals surface area contributed by atoms with Crippen LogP contribution in [0.4, 0.5) is 5.69 Å². The van der Waals surface area contributed by atoms with Gasteiger partial charge in [0.25, 0.3) is 5.91 Å². The Morgan fingerprint density at radius 2 is 1.79 bits per heavy atom. The highest BCUT2D eigenvalue weighted by atomic mass is 16.5. The lowest BCUT2D eigenvalue weighted by Gasteiger charge is -2.08. The van der Waals surface area contributed by atoms with Gasteiger partial charge in [-0.2, -0.15) is 0 Å². The number of amides is 1. The molecule has 3 aromatic rings. The number of ether oxygens (including phenoxy) is 2. The van der Waals surface area contributed by atoms with E-state index in [1.807, 2.05) is 37.3 Å². The van der Waals surface area contributed by atoms with E-state index in [4.69, 9.17) is 14.0 Å². The van der Waals surface area contributed by atoms with Crippen LogP contribution in [-0.2, 0) is 9.53 Å². The molecular formula is C21H20N2O5. The van der Waals surface area contributed by atoms with Gasteiger partial charge in [0.1, 0.15) is 22.8 Å². The summed E-state index contributed by atoms with van der Waals surface area (Å²) in [5.74, 6) is -0.0774. The summed E-state index contributed by atoms with van der Waals surface area (Å²) in [6.45, 7) is 3.65. The lowest BCUT2D eigenvalue weighted by molar-refractivity contribution is -0.119. The number of carbonyl (C=O) groups is 2. The number of carbonyl (C=O) groups excluding carboxylic acids is 2. The van der Waals surface area contributed by atoms with E-state index in [2.05, 4.69) is 10.5 Å². The minimum Gasteiger partial charge on any atom is -0.494 e. The number of hydrogen-bond donors (Lipinski definition) is 1. The summed E-state index contributed by atoms with van der Waals surface area (Å²) in [5, 5.41) is 6.60. The van der Waals surface area contributed by atoms with E-state index >= 15 is 0 Å². The summed E-state index contributed by atoms with van der Waals surface area (Å²) < 4.78 is 15.6. The molecule has 2 aromatic carbocycles. The Hall–Kier alpha value is -3.61. The molecule has 144 valence electrons. The number of aromatic nitrogens is 1. The largest absolute Gasteiger partial charge is 0.494 e. The molecule has 0 fully saturated rings. The zero-order valence-electron chi connectivity index (χ0n) is 15.6. The molecule has 0 bridgehead atoms. The molecular weight excluding hydrogens is 360 g/mol. The van der Waals surface area contributed by atoms with E-state index in [1.54, 1.807) is 31.2 Å². The van der Waals surface area contributed by atoms with Crippen molar-refractivity contribution in [2.75, 3.05) is 18.5 Å². The van der Waals surface area contributed by atoms with Crippen molar-refractivity contribution in [3.8, 4) is 17.0 Å². The number of nitrogens with one attached hydrogen (secondary N) is 1. The molecule has 3 rings (SSSR count). The first-order valence-corrected chi connectivity index (χ1v) is 8.80. The van der Waals surface area contributed by atoms with Crippen molar-refractivity contribution in [2.24, 2.45) is 0 Å². The number of benzene rings is 2. The second-order valence-corrected chi connectivity index (χ2v) is 5.91. The second kappa shape index (κ2) is 8.85. The third-order valence-corrected chi connectivity index (χ3v) is 3.90. The third kappa shape index (κ3) is 4.56. The molecule has 0 saturated heterocycles. The molecule has 7 heteroatoms. The van der Waals surface area contributed by atoms with Crippen LogP contribution < -0.4 is 10.1 Å². The van der Waals surface area contributed by atoms with Gasteiger partial charge in [0.2, 0.25) is 0 Å². The summed E-state index contributed by atoms with van der Waals surface area (Å²) in [6, 6.07) is 16.1. The monoisotopic (exact) mass is 380 g/mol. The Kier molecular flexibility index (Phi) is 6.06. The molecule has 0 saturated carbocycles. The fraction of sp³-hybridized carbons (Fsp3) is 0.190. The van der Waals surface area contributed by atoms with Gasteiger partial charge in [-0.3, -0.25) is 4.79 Å². The molecule has 0 aliphatic carbocycles. The first-order chi connectivity index (χ1) is 13.6. The predicted octanol–water partition coefficient (Wildman–Crippen LogP) is 3.84. The smallest absolute Gasteiger partial charge is 0.344 e. The van der Waals surface area contributed by atoms with Gasteiger partial charge in [0, 0.05) is 11.3 Å². The fourth-order valence-corrected chi connectivity index (χ4v) is 2.61. The van der Waals surface area contributed by atoms with Crippen molar-refractivity contribution in [1.29, 1.82) is 0 Å². The lowest BCUT2D eigenvalue weighted by atomic mass is 10.1. The van der Waals surface area contributed by atoms with Crippen LogP contribution in [0.25, 0.3) is 11.3 Å². The van der Waals surface area contributed by atoms with Crippen LogP contribution in [-0.4, -0.2) is 30.2 Å². The Balaban J connectivity index is 1.61. The van der Waals surface area contributed by atoms with Crippen LogP contribution in [0, 0.1) is 6.92 Å². The van der Waals surface area contributed by atoms with E-state index in [0.29, 0.717) is 29.5 Å². The van der Waals surface area contributed by atoms with Gasteiger partial charge >= 0.3 is 5.97 Å². The molecule has 7 nitrogen and oxygen atoms in total. The number of nitrogens with zero attached hydrogens (tertiary/aromatic N) is 1. The number of esters is 1. The van der Waals surface area contributed by atoms with Crippen molar-refractivity contribution in [1.82, 2.24) is 5.16 Å². The van der Waals surface area contributed by atoms with Crippen molar-refractivity contribution >= 4 is 17.6 Å². The topological polar surface area (TPSA) is 90.7 Å². The predicted molar refractivity (Wildman–Crippen MR) is 103 cm³/mol. The molecule has 0 atom stereocenters. The Labute approximate surface area is 162 Å². The standard InChI is InChI=1S/C21H20N2O5/c1-3-26-17-11-9-16(10-12-17)22-18(24)13-27-21(25)19-14(2)28-23-20(19)15-7-5-4-6-8-15/h4-12H,3,13H2,1-2H3,(H,22,24). The highest BCUT2D eigenvalue weighted by molar-refractivity contribution is 5.99. The fourth-order valence-electron chi connectivity index (χ4n) is 2.61. The van der Waals surface area contributed by atoms with E-state index in [0.717, 1.165) is 5.56 Å². The molecule has 0 unspecified atom stereocenters. The van der Waals surface area contributed by atoms with Gasteiger partial charge < -0.3 is 19.3 Å². The van der Waals surface area contributed by atoms with Gasteiger partial charge in [-0.15, -0.1) is 0 Å². The van der Waals surface area contributed by atoms with Gasteiger partial charge in [0.15, 0.2) is 6.61 Å². The minimum absolute atomic E-state index is 0.208. The molecule has 28 heavy (non-hydrogen) atoms.